The van der Waals surface area contributed by atoms with E-state index in [1.165, 1.54) is 12.1 Å². The smallest absolute Gasteiger partial charge is 0.216 e. The zero-order chi connectivity index (χ0) is 12.4. The summed E-state index contributed by atoms with van der Waals surface area (Å²) in [6.45, 7) is 1.79. The summed E-state index contributed by atoms with van der Waals surface area (Å²) < 4.78 is 13.0. The lowest BCUT2D eigenvalue weighted by Crippen LogP contribution is -2.20. The van der Waals surface area contributed by atoms with Gasteiger partial charge in [0.2, 0.25) is 6.04 Å². The van der Waals surface area contributed by atoms with Crippen molar-refractivity contribution in [2.24, 2.45) is 0 Å². The molecule has 5 heteroatoms. The molecule has 0 aliphatic rings. The van der Waals surface area contributed by atoms with Crippen molar-refractivity contribution in [2.45, 2.75) is 25.8 Å². The molecule has 0 saturated heterocycles. The predicted octanol–water partition coefficient (Wildman–Crippen LogP) is 2.90. The lowest BCUT2D eigenvalue weighted by atomic mass is 10.0. The van der Waals surface area contributed by atoms with Gasteiger partial charge >= 0.3 is 0 Å². The number of aromatic nitrogens is 1. The van der Waals surface area contributed by atoms with Crippen molar-refractivity contribution in [1.82, 2.24) is 4.98 Å². The van der Waals surface area contributed by atoms with Crippen molar-refractivity contribution < 1.29 is 9.31 Å². The van der Waals surface area contributed by atoms with E-state index in [2.05, 4.69) is 4.98 Å². The third-order valence-corrected chi connectivity index (χ3v) is 2.95. The maximum atomic E-state index is 13.0. The van der Waals surface area contributed by atoms with E-state index < -0.39 is 6.04 Å². The fourth-order valence-corrected chi connectivity index (χ4v) is 1.95. The zero-order valence-electron chi connectivity index (χ0n) is 9.44. The molecule has 17 heavy (non-hydrogen) atoms. The Bertz CT molecular complexity index is 550. The first-order valence-corrected chi connectivity index (χ1v) is 5.50. The minimum absolute atomic E-state index is 0.262. The molecule has 0 aliphatic heterocycles. The fraction of sp³-hybridized carbons (Fsp3) is 0.333. The van der Waals surface area contributed by atoms with E-state index in [1.807, 2.05) is 0 Å². The summed E-state index contributed by atoms with van der Waals surface area (Å²) in [5.74, 6) is -0.313. The van der Waals surface area contributed by atoms with E-state index >= 15 is 0 Å². The highest BCUT2D eigenvalue weighted by Crippen LogP contribution is 2.21. The Morgan fingerprint density at radius 1 is 1.53 bits per heavy atom. The van der Waals surface area contributed by atoms with Gasteiger partial charge in [-0.1, -0.05) is 6.92 Å². The number of nitrogens with zero attached hydrogens (tertiary/aromatic N) is 1. The molecule has 0 radical (unpaired) electrons. The maximum absolute atomic E-state index is 13.0. The average Bonchev–Trinajstić information content (AvgIpc) is 2.67. The summed E-state index contributed by atoms with van der Waals surface area (Å²) >= 11 is 0. The predicted molar refractivity (Wildman–Crippen MR) is 63.0 cm³/mol. The van der Waals surface area contributed by atoms with E-state index in [0.29, 0.717) is 18.4 Å². The standard InChI is InChI=1S/C12H13FN2O2/c1-2-10(15(16)17)5-8-7-14-12-6-9(13)3-4-11(8)12/h3-4,6-7,10,14H,2,5H2,1H3. The topological polar surface area (TPSA) is 58.9 Å². The van der Waals surface area contributed by atoms with E-state index in [1.54, 1.807) is 19.2 Å². The number of fused-ring (bicyclic) bond motifs is 1. The van der Waals surface area contributed by atoms with Crippen molar-refractivity contribution >= 4 is 10.9 Å². The minimum atomic E-state index is -0.584. The first kappa shape index (κ1) is 11.6. The molecule has 90 valence electrons. The second-order valence-corrected chi connectivity index (χ2v) is 4.06. The van der Waals surface area contributed by atoms with Crippen LogP contribution >= 0.6 is 0 Å². The number of hydrogen-bond acceptors (Lipinski definition) is 2. The van der Waals surface area contributed by atoms with Crippen molar-refractivity contribution in [2.75, 3.05) is 0 Å². The average molecular weight is 236 g/mol. The van der Waals surface area contributed by atoms with Crippen LogP contribution in [0.4, 0.5) is 4.39 Å². The summed E-state index contributed by atoms with van der Waals surface area (Å²) in [7, 11) is 0. The Balaban J connectivity index is 2.33. The lowest BCUT2D eigenvalue weighted by Gasteiger charge is -2.05. The third-order valence-electron chi connectivity index (χ3n) is 2.95. The summed E-state index contributed by atoms with van der Waals surface area (Å²) in [6.07, 6.45) is 2.58. The van der Waals surface area contributed by atoms with Crippen LogP contribution in [0.3, 0.4) is 0 Å². The molecular weight excluding hydrogens is 223 g/mol. The van der Waals surface area contributed by atoms with Crippen LogP contribution in [0.2, 0.25) is 0 Å². The van der Waals surface area contributed by atoms with E-state index in [4.69, 9.17) is 0 Å². The molecule has 1 unspecified atom stereocenters. The molecule has 1 heterocycles. The third kappa shape index (κ3) is 2.27. The monoisotopic (exact) mass is 236 g/mol. The van der Waals surface area contributed by atoms with Crippen molar-refractivity contribution in [3.8, 4) is 0 Å². The van der Waals surface area contributed by atoms with E-state index in [9.17, 15) is 14.5 Å². The van der Waals surface area contributed by atoms with Crippen LogP contribution in [-0.2, 0) is 6.42 Å². The fourth-order valence-electron chi connectivity index (χ4n) is 1.95. The van der Waals surface area contributed by atoms with Crippen LogP contribution in [0.15, 0.2) is 24.4 Å². The first-order valence-electron chi connectivity index (χ1n) is 5.50. The first-order chi connectivity index (χ1) is 8.11. The van der Waals surface area contributed by atoms with Crippen LogP contribution in [0.5, 0.6) is 0 Å². The number of nitrogens with one attached hydrogen (secondary N) is 1. The van der Waals surface area contributed by atoms with E-state index in [0.717, 1.165) is 10.9 Å². The summed E-state index contributed by atoms with van der Waals surface area (Å²) in [4.78, 5) is 13.5. The number of nitro groups is 1. The highest BCUT2D eigenvalue weighted by atomic mass is 19.1. The molecule has 0 fully saturated rings. The number of aromatic amines is 1. The molecule has 0 bridgehead atoms. The zero-order valence-corrected chi connectivity index (χ0v) is 9.44. The number of hydrogen-bond donors (Lipinski definition) is 1. The molecule has 2 aromatic rings. The number of halogens is 1. The molecule has 0 amide bonds. The SMILES string of the molecule is CCC(Cc1c[nH]c2cc(F)ccc12)[N+](=O)[O-]. The highest BCUT2D eigenvalue weighted by molar-refractivity contribution is 5.83. The number of H-pyrrole nitrogens is 1. The van der Waals surface area contributed by atoms with Gasteiger partial charge in [0.1, 0.15) is 5.82 Å². The molecule has 2 rings (SSSR count). The number of rotatable bonds is 4. The number of benzene rings is 1. The molecular formula is C12H13FN2O2. The second-order valence-electron chi connectivity index (χ2n) is 4.06. The minimum Gasteiger partial charge on any atom is -0.361 e. The molecule has 1 aromatic carbocycles. The van der Waals surface area contributed by atoms with Gasteiger partial charge in [0.15, 0.2) is 0 Å². The summed E-state index contributed by atoms with van der Waals surface area (Å²) in [5, 5.41) is 11.6. The Labute approximate surface area is 97.6 Å². The van der Waals surface area contributed by atoms with Crippen molar-refractivity contribution in [3.05, 3.63) is 45.9 Å². The van der Waals surface area contributed by atoms with Gasteiger partial charge in [0.25, 0.3) is 0 Å². The van der Waals surface area contributed by atoms with Gasteiger partial charge in [-0.25, -0.2) is 4.39 Å². The largest absolute Gasteiger partial charge is 0.361 e. The van der Waals surface area contributed by atoms with Gasteiger partial charge in [0, 0.05) is 34.9 Å². The van der Waals surface area contributed by atoms with Crippen LogP contribution in [0.1, 0.15) is 18.9 Å². The quantitative estimate of drug-likeness (QED) is 0.655. The molecule has 0 spiro atoms. The van der Waals surface area contributed by atoms with Gasteiger partial charge in [-0.3, -0.25) is 10.1 Å². The highest BCUT2D eigenvalue weighted by Gasteiger charge is 2.19. The Hall–Kier alpha value is -1.91. The van der Waals surface area contributed by atoms with Crippen LogP contribution in [-0.4, -0.2) is 15.9 Å². The normalized spacial score (nSPS) is 12.8. The summed E-state index contributed by atoms with van der Waals surface area (Å²) in [6, 6.07) is 3.83. The summed E-state index contributed by atoms with van der Waals surface area (Å²) in [5.41, 5.74) is 1.54. The van der Waals surface area contributed by atoms with Crippen molar-refractivity contribution in [1.29, 1.82) is 0 Å². The van der Waals surface area contributed by atoms with Crippen LogP contribution in [0, 0.1) is 15.9 Å². The second kappa shape index (κ2) is 4.53. The maximum Gasteiger partial charge on any atom is 0.216 e. The Kier molecular flexibility index (Phi) is 3.08. The lowest BCUT2D eigenvalue weighted by molar-refractivity contribution is -0.522. The van der Waals surface area contributed by atoms with Gasteiger partial charge in [-0.2, -0.15) is 0 Å². The van der Waals surface area contributed by atoms with Gasteiger partial charge in [-0.15, -0.1) is 0 Å². The Morgan fingerprint density at radius 2 is 2.29 bits per heavy atom. The molecule has 0 aliphatic carbocycles. The molecule has 1 aromatic heterocycles. The van der Waals surface area contributed by atoms with Crippen LogP contribution in [0.25, 0.3) is 10.9 Å². The molecule has 1 atom stereocenters. The van der Waals surface area contributed by atoms with Gasteiger partial charge in [-0.05, 0) is 23.8 Å². The Morgan fingerprint density at radius 3 is 2.94 bits per heavy atom. The molecule has 0 saturated carbocycles. The van der Waals surface area contributed by atoms with E-state index in [-0.39, 0.29) is 10.7 Å². The molecule has 4 nitrogen and oxygen atoms in total. The van der Waals surface area contributed by atoms with Crippen molar-refractivity contribution in [3.63, 3.8) is 0 Å². The molecule has 1 N–H and O–H groups in total. The van der Waals surface area contributed by atoms with Crippen LogP contribution < -0.4 is 0 Å². The van der Waals surface area contributed by atoms with Gasteiger partial charge < -0.3 is 4.98 Å². The van der Waals surface area contributed by atoms with Gasteiger partial charge in [0.05, 0.1) is 0 Å².